The Balaban J connectivity index is 1.23. The lowest BCUT2D eigenvalue weighted by Gasteiger charge is -2.29. The maximum absolute atomic E-state index is 2.49. The second-order valence-corrected chi connectivity index (χ2v) is 14.7. The molecule has 3 heteroatoms. The van der Waals surface area contributed by atoms with Crippen molar-refractivity contribution in [1.29, 1.82) is 0 Å². The van der Waals surface area contributed by atoms with Crippen molar-refractivity contribution in [1.82, 2.24) is 0 Å². The van der Waals surface area contributed by atoms with Gasteiger partial charge in [-0.3, -0.25) is 0 Å². The fraction of sp³-hybridized carbons (Fsp3) is 0. The molecule has 2 heterocycles. The van der Waals surface area contributed by atoms with Crippen LogP contribution in [0.15, 0.2) is 176 Å². The van der Waals surface area contributed by atoms with Crippen LogP contribution >= 0.6 is 22.7 Å². The molecule has 10 rings (SSSR count). The zero-order valence-corrected chi connectivity index (χ0v) is 28.1. The minimum atomic E-state index is 1.13. The molecule has 2 aromatic heterocycles. The van der Waals surface area contributed by atoms with Crippen molar-refractivity contribution in [3.8, 4) is 22.3 Å². The Bertz CT molecular complexity index is 2830. The van der Waals surface area contributed by atoms with E-state index in [9.17, 15) is 0 Å². The van der Waals surface area contributed by atoms with Crippen LogP contribution in [0.4, 0.5) is 17.1 Å². The van der Waals surface area contributed by atoms with Crippen molar-refractivity contribution in [2.45, 2.75) is 0 Å². The lowest BCUT2D eigenvalue weighted by Crippen LogP contribution is -2.11. The van der Waals surface area contributed by atoms with E-state index in [-0.39, 0.29) is 0 Å². The molecule has 8 aromatic carbocycles. The summed E-state index contributed by atoms with van der Waals surface area (Å²) >= 11 is 3.75. The molecule has 0 saturated heterocycles. The predicted molar refractivity (Wildman–Crippen MR) is 215 cm³/mol. The van der Waals surface area contributed by atoms with Gasteiger partial charge in [0.2, 0.25) is 0 Å². The Kier molecular flexibility index (Phi) is 6.61. The number of thiophene rings is 2. The van der Waals surface area contributed by atoms with E-state index in [4.69, 9.17) is 0 Å². The zero-order valence-electron chi connectivity index (χ0n) is 26.5. The SMILES string of the molecule is c1ccc(-c2ccc3c(sc4ccccc43)c2N(c2ccc(-c3ccc4ccccc4c3)cc2)c2ccc3c(c2)sc2ccccc23)cc1. The second kappa shape index (κ2) is 11.5. The highest BCUT2D eigenvalue weighted by Crippen LogP contribution is 2.50. The second-order valence-electron chi connectivity index (χ2n) is 12.5. The molecule has 0 bridgehead atoms. The molecule has 230 valence electrons. The van der Waals surface area contributed by atoms with Gasteiger partial charge in [-0.15, -0.1) is 22.7 Å². The number of hydrogen-bond donors (Lipinski definition) is 0. The van der Waals surface area contributed by atoms with E-state index in [0.717, 1.165) is 11.4 Å². The summed E-state index contributed by atoms with van der Waals surface area (Å²) in [4.78, 5) is 2.49. The molecule has 0 radical (unpaired) electrons. The van der Waals surface area contributed by atoms with Gasteiger partial charge in [-0.2, -0.15) is 0 Å². The number of fused-ring (bicyclic) bond motifs is 7. The smallest absolute Gasteiger partial charge is 0.0718 e. The first kappa shape index (κ1) is 28.3. The minimum absolute atomic E-state index is 1.13. The van der Waals surface area contributed by atoms with E-state index in [2.05, 4.69) is 181 Å². The van der Waals surface area contributed by atoms with Crippen LogP contribution in [0.3, 0.4) is 0 Å². The molecule has 0 aliphatic heterocycles. The summed E-state index contributed by atoms with van der Waals surface area (Å²) in [7, 11) is 0. The fourth-order valence-corrected chi connectivity index (χ4v) is 9.66. The Morgan fingerprint density at radius 1 is 0.347 bits per heavy atom. The van der Waals surface area contributed by atoms with Gasteiger partial charge < -0.3 is 4.90 Å². The first-order valence-corrected chi connectivity index (χ1v) is 18.2. The quantitative estimate of drug-likeness (QED) is 0.178. The molecule has 0 saturated carbocycles. The molecule has 0 fully saturated rings. The maximum atomic E-state index is 2.49. The van der Waals surface area contributed by atoms with Crippen molar-refractivity contribution in [2.24, 2.45) is 0 Å². The Labute approximate surface area is 292 Å². The van der Waals surface area contributed by atoms with Gasteiger partial charge >= 0.3 is 0 Å². The van der Waals surface area contributed by atoms with Crippen molar-refractivity contribution in [2.75, 3.05) is 4.90 Å². The summed E-state index contributed by atoms with van der Waals surface area (Å²) in [6.45, 7) is 0. The molecule has 1 nitrogen and oxygen atoms in total. The minimum Gasteiger partial charge on any atom is -0.308 e. The van der Waals surface area contributed by atoms with Crippen molar-refractivity contribution >= 4 is 90.9 Å². The molecule has 0 aliphatic carbocycles. The standard InChI is InChI=1S/C46H29NS2/c1-2-11-32(12-3-1)37-26-27-41-39-15-7-9-17-43(39)49-46(41)45(37)47(36-24-25-40-38-14-6-8-16-42(38)48-44(40)29-36)35-22-20-31(21-23-35)34-19-18-30-10-4-5-13-33(30)28-34/h1-29H. The van der Waals surface area contributed by atoms with E-state index >= 15 is 0 Å². The summed E-state index contributed by atoms with van der Waals surface area (Å²) in [5.41, 5.74) is 8.35. The molecule has 10 aromatic rings. The third-order valence-electron chi connectivity index (χ3n) is 9.66. The summed E-state index contributed by atoms with van der Waals surface area (Å²) in [5, 5.41) is 7.73. The summed E-state index contributed by atoms with van der Waals surface area (Å²) in [6.07, 6.45) is 0. The van der Waals surface area contributed by atoms with Crippen LogP contribution in [0.25, 0.3) is 73.4 Å². The Morgan fingerprint density at radius 2 is 0.959 bits per heavy atom. The highest BCUT2D eigenvalue weighted by Gasteiger charge is 2.23. The number of hydrogen-bond acceptors (Lipinski definition) is 3. The number of nitrogens with zero attached hydrogens (tertiary/aromatic N) is 1. The lowest BCUT2D eigenvalue weighted by atomic mass is 9.98. The van der Waals surface area contributed by atoms with Gasteiger partial charge in [0.1, 0.15) is 0 Å². The predicted octanol–water partition coefficient (Wildman–Crippen LogP) is 14.4. The molecule has 0 spiro atoms. The maximum Gasteiger partial charge on any atom is 0.0718 e. The van der Waals surface area contributed by atoms with Gasteiger partial charge in [-0.1, -0.05) is 133 Å². The molecule has 0 aliphatic rings. The lowest BCUT2D eigenvalue weighted by molar-refractivity contribution is 1.31. The third kappa shape index (κ3) is 4.74. The van der Waals surface area contributed by atoms with Crippen LogP contribution in [0, 0.1) is 0 Å². The first-order valence-electron chi connectivity index (χ1n) is 16.6. The van der Waals surface area contributed by atoms with Crippen LogP contribution in [0.5, 0.6) is 0 Å². The van der Waals surface area contributed by atoms with Crippen molar-refractivity contribution in [3.63, 3.8) is 0 Å². The van der Waals surface area contributed by atoms with Crippen LogP contribution in [-0.4, -0.2) is 0 Å². The highest BCUT2D eigenvalue weighted by molar-refractivity contribution is 7.26. The van der Waals surface area contributed by atoms with Gasteiger partial charge in [-0.05, 0) is 69.9 Å². The third-order valence-corrected chi connectivity index (χ3v) is 12.0. The van der Waals surface area contributed by atoms with Crippen molar-refractivity contribution in [3.05, 3.63) is 176 Å². The number of benzene rings is 8. The monoisotopic (exact) mass is 659 g/mol. The highest BCUT2D eigenvalue weighted by atomic mass is 32.1. The van der Waals surface area contributed by atoms with Crippen LogP contribution in [0.2, 0.25) is 0 Å². The molecule has 0 atom stereocenters. The average Bonchev–Trinajstić information content (AvgIpc) is 3.74. The van der Waals surface area contributed by atoms with Crippen LogP contribution in [0.1, 0.15) is 0 Å². The van der Waals surface area contributed by atoms with Crippen LogP contribution < -0.4 is 4.90 Å². The van der Waals surface area contributed by atoms with E-state index in [1.165, 1.54) is 79.1 Å². The molecular weight excluding hydrogens is 631 g/mol. The van der Waals surface area contributed by atoms with Gasteiger partial charge in [0, 0.05) is 52.6 Å². The summed E-state index contributed by atoms with van der Waals surface area (Å²) < 4.78 is 5.20. The van der Waals surface area contributed by atoms with Gasteiger partial charge in [0.15, 0.2) is 0 Å². The molecule has 49 heavy (non-hydrogen) atoms. The summed E-state index contributed by atoms with van der Waals surface area (Å²) in [6, 6.07) is 64.5. The van der Waals surface area contributed by atoms with Gasteiger partial charge in [-0.25, -0.2) is 0 Å². The average molecular weight is 660 g/mol. The van der Waals surface area contributed by atoms with Crippen LogP contribution in [-0.2, 0) is 0 Å². The van der Waals surface area contributed by atoms with E-state index in [1.54, 1.807) is 0 Å². The van der Waals surface area contributed by atoms with E-state index in [0.29, 0.717) is 0 Å². The molecular formula is C46H29NS2. The molecule has 0 N–H and O–H groups in total. The number of rotatable bonds is 5. The normalized spacial score (nSPS) is 11.7. The molecule has 0 amide bonds. The zero-order chi connectivity index (χ0) is 32.3. The van der Waals surface area contributed by atoms with Gasteiger partial charge in [0.05, 0.1) is 10.4 Å². The van der Waals surface area contributed by atoms with Crippen molar-refractivity contribution < 1.29 is 0 Å². The first-order chi connectivity index (χ1) is 24.3. The Hall–Kier alpha value is -5.74. The molecule has 0 unspecified atom stereocenters. The van der Waals surface area contributed by atoms with E-state index in [1.807, 2.05) is 22.7 Å². The fourth-order valence-electron chi connectivity index (χ4n) is 7.28. The largest absolute Gasteiger partial charge is 0.308 e. The van der Waals surface area contributed by atoms with E-state index < -0.39 is 0 Å². The number of anilines is 3. The Morgan fingerprint density at radius 3 is 1.78 bits per heavy atom. The van der Waals surface area contributed by atoms with Gasteiger partial charge in [0.25, 0.3) is 0 Å². The summed E-state index contributed by atoms with van der Waals surface area (Å²) in [5.74, 6) is 0. The topological polar surface area (TPSA) is 3.24 Å².